The van der Waals surface area contributed by atoms with Crippen molar-refractivity contribution < 1.29 is 18.7 Å². The number of nitrogens with zero attached hydrogens (tertiary/aromatic N) is 4. The van der Waals surface area contributed by atoms with Gasteiger partial charge in [0.25, 0.3) is 0 Å². The van der Waals surface area contributed by atoms with Crippen LogP contribution in [0.25, 0.3) is 22.4 Å². The van der Waals surface area contributed by atoms with E-state index in [1.165, 1.54) is 12.1 Å². The first kappa shape index (κ1) is 33.5. The number of carbonyl (C=O) groups is 2. The zero-order chi connectivity index (χ0) is 31.7. The summed E-state index contributed by atoms with van der Waals surface area (Å²) in [6, 6.07) is 14.4. The van der Waals surface area contributed by atoms with Gasteiger partial charge < -0.3 is 19.7 Å². The highest BCUT2D eigenvalue weighted by Gasteiger charge is 2.31. The highest BCUT2D eigenvalue weighted by molar-refractivity contribution is 6.32. The van der Waals surface area contributed by atoms with Gasteiger partial charge in [-0.15, -0.1) is 0 Å². The van der Waals surface area contributed by atoms with Gasteiger partial charge in [0.05, 0.1) is 29.1 Å². The molecule has 1 amide bonds. The fraction of sp³-hybridized carbons (Fsp3) is 0.471. The van der Waals surface area contributed by atoms with Crippen LogP contribution in [0.5, 0.6) is 0 Å². The largest absolute Gasteiger partial charge is 0.379 e. The molecule has 0 saturated carbocycles. The number of halogens is 2. The predicted octanol–water partition coefficient (Wildman–Crippen LogP) is 6.35. The Labute approximate surface area is 265 Å². The first-order chi connectivity index (χ1) is 21.1. The van der Waals surface area contributed by atoms with Gasteiger partial charge in [-0.1, -0.05) is 41.9 Å². The molecule has 0 atom stereocenters. The quantitative estimate of drug-likeness (QED) is 0.307. The lowest BCUT2D eigenvalue weighted by atomic mass is 9.94. The van der Waals surface area contributed by atoms with Gasteiger partial charge in [0.2, 0.25) is 11.9 Å². The number of carbonyl (C=O) groups excluding carboxylic acids is 2. The number of aromatic nitrogens is 2. The summed E-state index contributed by atoms with van der Waals surface area (Å²) in [7, 11) is 1.71. The van der Waals surface area contributed by atoms with Gasteiger partial charge in [0.1, 0.15) is 12.1 Å². The molecule has 8 nitrogen and oxygen atoms in total. The Morgan fingerprint density at radius 2 is 1.66 bits per heavy atom. The van der Waals surface area contributed by atoms with Crippen LogP contribution in [0.4, 0.5) is 10.3 Å². The maximum absolute atomic E-state index is 13.3. The minimum absolute atomic E-state index is 0.0417. The molecule has 0 unspecified atom stereocenters. The second kappa shape index (κ2) is 15.5. The zero-order valence-corrected chi connectivity index (χ0v) is 26.8. The molecular formula is C34H43ClFN5O3. The van der Waals surface area contributed by atoms with Crippen LogP contribution in [-0.4, -0.2) is 83.4 Å². The Kier molecular flexibility index (Phi) is 11.8. The van der Waals surface area contributed by atoms with Gasteiger partial charge in [-0.3, -0.25) is 9.69 Å². The molecule has 10 heteroatoms. The van der Waals surface area contributed by atoms with Crippen molar-refractivity contribution in [3.63, 3.8) is 0 Å². The van der Waals surface area contributed by atoms with E-state index >= 15 is 0 Å². The highest BCUT2D eigenvalue weighted by atomic mass is 35.5. The first-order valence-electron chi connectivity index (χ1n) is 15.2. The van der Waals surface area contributed by atoms with E-state index in [9.17, 15) is 14.0 Å². The number of aldehydes is 1. The molecule has 3 heterocycles. The Balaban J connectivity index is 0.000000670. The van der Waals surface area contributed by atoms with E-state index in [0.29, 0.717) is 36.3 Å². The molecule has 2 aromatic carbocycles. The van der Waals surface area contributed by atoms with Crippen molar-refractivity contribution in [3.05, 3.63) is 65.6 Å². The predicted molar refractivity (Wildman–Crippen MR) is 173 cm³/mol. The number of hydrogen-bond donors (Lipinski definition) is 1. The number of ether oxygens (including phenoxy) is 1. The van der Waals surface area contributed by atoms with Gasteiger partial charge in [-0.05, 0) is 88.9 Å². The van der Waals surface area contributed by atoms with Crippen LogP contribution in [0.15, 0.2) is 54.7 Å². The average molecular weight is 624 g/mol. The van der Waals surface area contributed by atoms with E-state index in [1.807, 2.05) is 49.9 Å². The number of benzene rings is 2. The minimum atomic E-state index is -0.272. The van der Waals surface area contributed by atoms with Gasteiger partial charge in [-0.2, -0.15) is 0 Å². The fourth-order valence-corrected chi connectivity index (χ4v) is 5.48. The molecule has 1 N–H and O–H groups in total. The molecule has 44 heavy (non-hydrogen) atoms. The van der Waals surface area contributed by atoms with E-state index in [4.69, 9.17) is 21.3 Å². The maximum Gasteiger partial charge on any atom is 0.225 e. The van der Waals surface area contributed by atoms with Gasteiger partial charge in [-0.25, -0.2) is 14.4 Å². The third kappa shape index (κ3) is 9.55. The van der Waals surface area contributed by atoms with E-state index in [0.717, 1.165) is 61.7 Å². The van der Waals surface area contributed by atoms with Crippen LogP contribution in [0.2, 0.25) is 5.02 Å². The average Bonchev–Trinajstić information content (AvgIpc) is 3.03. The van der Waals surface area contributed by atoms with Gasteiger partial charge >= 0.3 is 0 Å². The Morgan fingerprint density at radius 1 is 1.02 bits per heavy atom. The van der Waals surface area contributed by atoms with Crippen LogP contribution >= 0.6 is 11.6 Å². The van der Waals surface area contributed by atoms with Gasteiger partial charge in [0, 0.05) is 37.7 Å². The fourth-order valence-electron chi connectivity index (χ4n) is 5.28. The number of amides is 1. The summed E-state index contributed by atoms with van der Waals surface area (Å²) >= 11 is 6.48. The van der Waals surface area contributed by atoms with Crippen LogP contribution in [-0.2, 0) is 14.3 Å². The lowest BCUT2D eigenvalue weighted by molar-refractivity contribution is -0.138. The summed E-state index contributed by atoms with van der Waals surface area (Å²) in [6.45, 7) is 9.52. The van der Waals surface area contributed by atoms with Gasteiger partial charge in [0.15, 0.2) is 0 Å². The van der Waals surface area contributed by atoms with Crippen molar-refractivity contribution in [1.82, 2.24) is 19.8 Å². The number of rotatable bonds is 7. The molecule has 0 bridgehead atoms. The summed E-state index contributed by atoms with van der Waals surface area (Å²) in [4.78, 5) is 36.9. The zero-order valence-electron chi connectivity index (χ0n) is 26.1. The van der Waals surface area contributed by atoms with Crippen molar-refractivity contribution in [2.45, 2.75) is 58.1 Å². The van der Waals surface area contributed by atoms with Crippen molar-refractivity contribution in [3.8, 4) is 22.4 Å². The molecule has 2 aliphatic rings. The molecule has 0 aliphatic carbocycles. The summed E-state index contributed by atoms with van der Waals surface area (Å²) in [5.41, 5.74) is 3.37. The molecule has 0 radical (unpaired) electrons. The molecule has 2 fully saturated rings. The van der Waals surface area contributed by atoms with Crippen LogP contribution in [0.1, 0.15) is 46.5 Å². The number of hydrogen-bond acceptors (Lipinski definition) is 7. The van der Waals surface area contributed by atoms with E-state index in [2.05, 4.69) is 15.2 Å². The SMILES string of the molecule is COC(C)(C)C.O=CCN1CCC(C(=O)N2CCC(Nc3ncc(Cl)c(-c4cccc(-c5ccc(F)cc5)c4)n3)CC2)CC1. The molecule has 2 aliphatic heterocycles. The first-order valence-corrected chi connectivity index (χ1v) is 15.6. The topological polar surface area (TPSA) is 87.7 Å². The third-order valence-corrected chi connectivity index (χ3v) is 8.36. The Bertz CT molecular complexity index is 1380. The molecule has 2 saturated heterocycles. The van der Waals surface area contributed by atoms with Crippen molar-refractivity contribution in [2.24, 2.45) is 5.92 Å². The van der Waals surface area contributed by atoms with E-state index < -0.39 is 0 Å². The molecule has 5 rings (SSSR count). The molecule has 236 valence electrons. The number of anilines is 1. The third-order valence-electron chi connectivity index (χ3n) is 8.08. The minimum Gasteiger partial charge on any atom is -0.379 e. The molecule has 0 spiro atoms. The second-order valence-electron chi connectivity index (χ2n) is 12.3. The number of nitrogens with one attached hydrogen (secondary N) is 1. The Morgan fingerprint density at radius 3 is 2.27 bits per heavy atom. The summed E-state index contributed by atoms with van der Waals surface area (Å²) in [5.74, 6) is 0.519. The molecular weight excluding hydrogens is 581 g/mol. The van der Waals surface area contributed by atoms with Crippen LogP contribution in [0.3, 0.4) is 0 Å². The Hall–Kier alpha value is -3.40. The van der Waals surface area contributed by atoms with Crippen molar-refractivity contribution in [2.75, 3.05) is 45.2 Å². The smallest absolute Gasteiger partial charge is 0.225 e. The monoisotopic (exact) mass is 623 g/mol. The number of likely N-dealkylation sites (tertiary alicyclic amines) is 2. The highest BCUT2D eigenvalue weighted by Crippen LogP contribution is 2.31. The maximum atomic E-state index is 13.3. The molecule has 3 aromatic rings. The van der Waals surface area contributed by atoms with E-state index in [-0.39, 0.29) is 29.3 Å². The molecule has 1 aromatic heterocycles. The lowest BCUT2D eigenvalue weighted by Gasteiger charge is -2.37. The lowest BCUT2D eigenvalue weighted by Crippen LogP contribution is -2.47. The van der Waals surface area contributed by atoms with Crippen molar-refractivity contribution >= 4 is 29.7 Å². The standard InChI is InChI=1S/C29H31ClFN5O2.C5H12O/c30-26-19-32-29(34-27(26)23-3-1-2-22(18-23)20-4-6-24(31)7-5-20)33-25-10-14-36(15-11-25)28(38)21-8-12-35(13-9-21)16-17-37;1-5(2,3)6-4/h1-7,17-19,21,25H,8-16H2,(H,32,33,34);1-4H3. The van der Waals surface area contributed by atoms with Crippen LogP contribution in [0, 0.1) is 11.7 Å². The van der Waals surface area contributed by atoms with Crippen molar-refractivity contribution in [1.29, 1.82) is 0 Å². The normalized spacial score (nSPS) is 16.6. The number of methoxy groups -OCH3 is 1. The summed E-state index contributed by atoms with van der Waals surface area (Å²) < 4.78 is 18.3. The number of piperidine rings is 2. The second-order valence-corrected chi connectivity index (χ2v) is 12.7. The summed E-state index contributed by atoms with van der Waals surface area (Å²) in [6.07, 6.45) is 5.79. The van der Waals surface area contributed by atoms with E-state index in [1.54, 1.807) is 25.4 Å². The van der Waals surface area contributed by atoms with Crippen LogP contribution < -0.4 is 5.32 Å². The summed E-state index contributed by atoms with van der Waals surface area (Å²) in [5, 5.41) is 3.88.